The summed E-state index contributed by atoms with van der Waals surface area (Å²) in [5.41, 5.74) is 0.524. The second-order valence-corrected chi connectivity index (χ2v) is 18.8. The van der Waals surface area contributed by atoms with E-state index in [1.54, 1.807) is 0 Å². The van der Waals surface area contributed by atoms with E-state index in [4.69, 9.17) is 30.4 Å². The molecule has 2 bridgehead atoms. The standard InChI is InChI=1S/C19H38BNO5Si2/c1-12(2)27(13(3)4)22-11-19-10-21(9)24-16(18(20)23-19)17(19)25-28(26-27,14(5)6)15(7)8/h12-18H,10-11H2,1-9H3/t16?,17-,18-,19-/m1/s1. The van der Waals surface area contributed by atoms with Crippen LogP contribution in [0.2, 0.25) is 22.2 Å². The van der Waals surface area contributed by atoms with E-state index in [-0.39, 0.29) is 23.3 Å². The normalized spacial score (nSPS) is 38.1. The summed E-state index contributed by atoms with van der Waals surface area (Å²) in [7, 11) is 2.99. The number of likely N-dealkylation sites (N-methyl/N-ethyl adjacent to an activating group) is 1. The van der Waals surface area contributed by atoms with Gasteiger partial charge in [0, 0.05) is 13.1 Å². The first-order valence-corrected chi connectivity index (χ1v) is 14.7. The second kappa shape index (κ2) is 7.75. The van der Waals surface area contributed by atoms with Gasteiger partial charge in [0.15, 0.2) is 0 Å². The van der Waals surface area contributed by atoms with Gasteiger partial charge in [0.25, 0.3) is 0 Å². The number of hydrogen-bond donors (Lipinski definition) is 0. The maximum absolute atomic E-state index is 7.21. The molecule has 0 aromatic carbocycles. The van der Waals surface area contributed by atoms with E-state index in [1.165, 1.54) is 0 Å². The van der Waals surface area contributed by atoms with Crippen molar-refractivity contribution in [3.63, 3.8) is 0 Å². The van der Waals surface area contributed by atoms with Gasteiger partial charge in [-0.05, 0) is 22.2 Å². The molecule has 0 aromatic rings. The van der Waals surface area contributed by atoms with E-state index in [9.17, 15) is 0 Å². The molecule has 160 valence electrons. The van der Waals surface area contributed by atoms with E-state index in [1.807, 2.05) is 12.1 Å². The summed E-state index contributed by atoms with van der Waals surface area (Å²) in [6.07, 6.45) is -0.621. The first-order valence-electron chi connectivity index (χ1n) is 10.7. The third-order valence-corrected chi connectivity index (χ3v) is 16.9. The molecule has 28 heavy (non-hydrogen) atoms. The van der Waals surface area contributed by atoms with Gasteiger partial charge >= 0.3 is 17.1 Å². The van der Waals surface area contributed by atoms with Crippen molar-refractivity contribution >= 4 is 25.0 Å². The Kier molecular flexibility index (Phi) is 6.34. The van der Waals surface area contributed by atoms with Crippen molar-refractivity contribution in [2.24, 2.45) is 0 Å². The third kappa shape index (κ3) is 3.39. The largest absolute Gasteiger partial charge is 0.414 e. The van der Waals surface area contributed by atoms with Gasteiger partial charge < -0.3 is 17.7 Å². The van der Waals surface area contributed by atoms with Crippen molar-refractivity contribution in [3.05, 3.63) is 0 Å². The minimum absolute atomic E-state index is 0.269. The zero-order valence-electron chi connectivity index (χ0n) is 19.0. The lowest BCUT2D eigenvalue weighted by molar-refractivity contribution is -0.256. The highest BCUT2D eigenvalue weighted by Gasteiger charge is 2.67. The predicted octanol–water partition coefficient (Wildman–Crippen LogP) is 3.45. The van der Waals surface area contributed by atoms with E-state index in [2.05, 4.69) is 55.4 Å². The Labute approximate surface area is 174 Å². The minimum Gasteiger partial charge on any atom is -0.414 e. The van der Waals surface area contributed by atoms with E-state index >= 15 is 0 Å². The molecule has 3 saturated heterocycles. The SMILES string of the molecule is [B][C@@H]1O[C@]23CO[Si](C(C)C)(C(C)C)O[Si](C(C)C)(C(C)C)O[C@@H]2C1ON(C)C3. The Balaban J connectivity index is 2.14. The van der Waals surface area contributed by atoms with E-state index in [0.717, 1.165) is 0 Å². The molecule has 0 aromatic heterocycles. The molecular weight excluding hydrogens is 389 g/mol. The van der Waals surface area contributed by atoms with Crippen molar-refractivity contribution in [1.29, 1.82) is 0 Å². The molecule has 0 aliphatic carbocycles. The smallest absolute Gasteiger partial charge is 0.335 e. The van der Waals surface area contributed by atoms with Crippen LogP contribution in [-0.2, 0) is 22.5 Å². The monoisotopic (exact) mass is 427 g/mol. The summed E-state index contributed by atoms with van der Waals surface area (Å²) in [5.74, 6) is 0. The molecule has 0 spiro atoms. The van der Waals surface area contributed by atoms with Crippen LogP contribution < -0.4 is 0 Å². The second-order valence-electron chi connectivity index (χ2n) is 9.99. The first-order chi connectivity index (χ1) is 12.9. The highest BCUT2D eigenvalue weighted by Crippen LogP contribution is 2.51. The molecule has 0 amide bonds. The number of ether oxygens (including phenoxy) is 1. The first kappa shape index (κ1) is 22.9. The Morgan fingerprint density at radius 1 is 0.929 bits per heavy atom. The molecule has 4 atom stereocenters. The molecule has 2 radical (unpaired) electrons. The Morgan fingerprint density at radius 2 is 1.46 bits per heavy atom. The average Bonchev–Trinajstić information content (AvgIpc) is 2.70. The average molecular weight is 427 g/mol. The zero-order chi connectivity index (χ0) is 21.1. The van der Waals surface area contributed by atoms with Crippen LogP contribution in [0, 0.1) is 0 Å². The van der Waals surface area contributed by atoms with Crippen LogP contribution in [0.4, 0.5) is 0 Å². The van der Waals surface area contributed by atoms with Gasteiger partial charge in [0.05, 0.1) is 13.2 Å². The molecule has 3 aliphatic rings. The van der Waals surface area contributed by atoms with Gasteiger partial charge in [-0.1, -0.05) is 55.4 Å². The highest BCUT2D eigenvalue weighted by molar-refractivity contribution is 6.84. The van der Waals surface area contributed by atoms with E-state index in [0.29, 0.717) is 24.2 Å². The number of rotatable bonds is 4. The number of nitrogens with zero attached hydrogens (tertiary/aromatic N) is 1. The maximum atomic E-state index is 7.21. The summed E-state index contributed by atoms with van der Waals surface area (Å²) in [6, 6.07) is -0.531. The highest BCUT2D eigenvalue weighted by atomic mass is 28.5. The fourth-order valence-corrected chi connectivity index (χ4v) is 16.5. The fourth-order valence-electron chi connectivity index (χ4n) is 5.22. The molecular formula is C19H38BNO5Si2. The predicted molar refractivity (Wildman–Crippen MR) is 115 cm³/mol. The summed E-state index contributed by atoms with van der Waals surface area (Å²) >= 11 is 0. The van der Waals surface area contributed by atoms with Crippen LogP contribution in [0.5, 0.6) is 0 Å². The van der Waals surface area contributed by atoms with Crippen LogP contribution in [0.25, 0.3) is 0 Å². The quantitative estimate of drug-likeness (QED) is 0.641. The summed E-state index contributed by atoms with van der Waals surface area (Å²) in [5, 5.41) is 1.82. The summed E-state index contributed by atoms with van der Waals surface area (Å²) in [4.78, 5) is 6.03. The Hall–Kier alpha value is 0.259. The molecule has 3 fully saturated rings. The number of hydrogen-bond acceptors (Lipinski definition) is 6. The van der Waals surface area contributed by atoms with Crippen molar-refractivity contribution < 1.29 is 22.5 Å². The van der Waals surface area contributed by atoms with E-state index < -0.39 is 28.7 Å². The number of hydroxylamine groups is 2. The van der Waals surface area contributed by atoms with Crippen molar-refractivity contribution in [2.45, 2.75) is 101 Å². The molecule has 6 nitrogen and oxygen atoms in total. The van der Waals surface area contributed by atoms with Crippen molar-refractivity contribution in [1.82, 2.24) is 5.06 Å². The molecule has 0 saturated carbocycles. The zero-order valence-corrected chi connectivity index (χ0v) is 21.0. The molecule has 9 heteroatoms. The maximum Gasteiger partial charge on any atom is 0.335 e. The molecule has 0 N–H and O–H groups in total. The fraction of sp³-hybridized carbons (Fsp3) is 1.00. The van der Waals surface area contributed by atoms with Crippen LogP contribution in [0.15, 0.2) is 0 Å². The van der Waals surface area contributed by atoms with Gasteiger partial charge in [0.1, 0.15) is 25.7 Å². The summed E-state index contributed by atoms with van der Waals surface area (Å²) < 4.78 is 27.5. The Bertz CT molecular complexity index is 559. The Morgan fingerprint density at radius 3 is 1.96 bits per heavy atom. The van der Waals surface area contributed by atoms with Gasteiger partial charge in [-0.2, -0.15) is 5.06 Å². The van der Waals surface area contributed by atoms with Crippen molar-refractivity contribution in [2.75, 3.05) is 20.2 Å². The van der Waals surface area contributed by atoms with Gasteiger partial charge in [0.2, 0.25) is 0 Å². The lowest BCUT2D eigenvalue weighted by Gasteiger charge is -2.55. The van der Waals surface area contributed by atoms with Gasteiger partial charge in [-0.3, -0.25) is 4.84 Å². The molecule has 3 rings (SSSR count). The van der Waals surface area contributed by atoms with Crippen LogP contribution in [-0.4, -0.2) is 74.0 Å². The summed E-state index contributed by atoms with van der Waals surface area (Å²) in [6.45, 7) is 18.8. The van der Waals surface area contributed by atoms with Gasteiger partial charge in [-0.25, -0.2) is 0 Å². The lowest BCUT2D eigenvalue weighted by atomic mass is 9.88. The minimum atomic E-state index is -2.69. The van der Waals surface area contributed by atoms with Gasteiger partial charge in [-0.15, -0.1) is 0 Å². The lowest BCUT2D eigenvalue weighted by Crippen LogP contribution is -2.71. The van der Waals surface area contributed by atoms with Crippen molar-refractivity contribution in [3.8, 4) is 0 Å². The molecule has 3 aliphatic heterocycles. The molecule has 1 unspecified atom stereocenters. The van der Waals surface area contributed by atoms with Crippen LogP contribution in [0.3, 0.4) is 0 Å². The van der Waals surface area contributed by atoms with Crippen LogP contribution in [0.1, 0.15) is 55.4 Å². The third-order valence-electron chi connectivity index (χ3n) is 6.69. The van der Waals surface area contributed by atoms with Crippen LogP contribution >= 0.6 is 0 Å². The topological polar surface area (TPSA) is 49.4 Å². The molecule has 3 heterocycles.